The summed E-state index contributed by atoms with van der Waals surface area (Å²) >= 11 is 0. The highest BCUT2D eigenvalue weighted by Gasteiger charge is 2.16. The zero-order valence-electron chi connectivity index (χ0n) is 24.9. The second-order valence-electron chi connectivity index (χ2n) is 12.6. The fraction of sp³-hybridized carbons (Fsp3) is 0.812. The van der Waals surface area contributed by atoms with Crippen LogP contribution in [0, 0.1) is 0 Å². The number of benzene rings is 1. The minimum Gasteiger partial charge on any atom is -1.00 e. The van der Waals surface area contributed by atoms with Crippen molar-refractivity contribution in [2.24, 2.45) is 0 Å². The second kappa shape index (κ2) is 23.8. The first kappa shape index (κ1) is 37.9. The van der Waals surface area contributed by atoms with E-state index in [-0.39, 0.29) is 24.8 Å². The van der Waals surface area contributed by atoms with Gasteiger partial charge in [0.1, 0.15) is 0 Å². The van der Waals surface area contributed by atoms with E-state index in [9.17, 15) is 0 Å². The lowest BCUT2D eigenvalue weighted by molar-refractivity contribution is -0.902. The first-order chi connectivity index (χ1) is 16.3. The van der Waals surface area contributed by atoms with Crippen LogP contribution in [0.4, 0.5) is 0 Å². The molecule has 1 aromatic rings. The third kappa shape index (κ3) is 25.4. The average Bonchev–Trinajstić information content (AvgIpc) is 2.78. The van der Waals surface area contributed by atoms with Crippen molar-refractivity contribution < 1.29 is 33.8 Å². The van der Waals surface area contributed by atoms with Gasteiger partial charge in [-0.1, -0.05) is 114 Å². The number of hydrogen-bond donors (Lipinski definition) is 0. The van der Waals surface area contributed by atoms with Gasteiger partial charge in [0.2, 0.25) is 0 Å². The second-order valence-corrected chi connectivity index (χ2v) is 12.6. The van der Waals surface area contributed by atoms with Gasteiger partial charge in [-0.25, -0.2) is 0 Å². The zero-order valence-corrected chi connectivity index (χ0v) is 26.4. The molecule has 0 N–H and O–H groups in total. The molecule has 0 aromatic heterocycles. The molecule has 0 heterocycles. The number of quaternary nitrogens is 2. The fourth-order valence-corrected chi connectivity index (χ4v) is 5.07. The molecule has 0 unspecified atom stereocenters. The van der Waals surface area contributed by atoms with Crippen molar-refractivity contribution in [1.82, 2.24) is 0 Å². The Balaban J connectivity index is 0. The zero-order chi connectivity index (χ0) is 25.0. The fourth-order valence-electron chi connectivity index (χ4n) is 5.07. The van der Waals surface area contributed by atoms with Crippen molar-refractivity contribution in [3.63, 3.8) is 0 Å². The van der Waals surface area contributed by atoms with E-state index in [0.717, 1.165) is 4.48 Å². The highest BCUT2D eigenvalue weighted by atomic mass is 35.5. The van der Waals surface area contributed by atoms with Crippen LogP contribution >= 0.6 is 0 Å². The topological polar surface area (TPSA) is 0 Å². The molecule has 0 radical (unpaired) electrons. The van der Waals surface area contributed by atoms with Crippen molar-refractivity contribution in [1.29, 1.82) is 0 Å². The SMILES string of the molecule is C[N+](C)(C)CCC[N+](C)(C)CCCCCCCCCCCCCCCCCCc1ccccc1.[Cl-].[Cl-]. The molecule has 0 amide bonds. The molecule has 0 aliphatic carbocycles. The smallest absolute Gasteiger partial charge is 0.0836 e. The first-order valence-corrected chi connectivity index (χ1v) is 14.9. The summed E-state index contributed by atoms with van der Waals surface area (Å²) in [6, 6.07) is 11.0. The number of hydrogen-bond acceptors (Lipinski definition) is 0. The normalized spacial score (nSPS) is 11.7. The predicted octanol–water partition coefficient (Wildman–Crippen LogP) is 2.65. The minimum absolute atomic E-state index is 0. The Bertz CT molecular complexity index is 569. The molecule has 36 heavy (non-hydrogen) atoms. The molecule has 0 spiro atoms. The molecule has 0 atom stereocenters. The van der Waals surface area contributed by atoms with Gasteiger partial charge in [0.15, 0.2) is 0 Å². The summed E-state index contributed by atoms with van der Waals surface area (Å²) in [6.45, 7) is 3.96. The number of nitrogens with zero attached hydrogens (tertiary/aromatic N) is 2. The quantitative estimate of drug-likeness (QED) is 0.147. The summed E-state index contributed by atoms with van der Waals surface area (Å²) < 4.78 is 2.30. The van der Waals surface area contributed by atoms with Crippen molar-refractivity contribution >= 4 is 0 Å². The van der Waals surface area contributed by atoms with Crippen LogP contribution in [0.3, 0.4) is 0 Å². The van der Waals surface area contributed by atoms with Crippen LogP contribution in [0.2, 0.25) is 0 Å². The van der Waals surface area contributed by atoms with E-state index in [4.69, 9.17) is 0 Å². The van der Waals surface area contributed by atoms with Crippen molar-refractivity contribution in [3.8, 4) is 0 Å². The Morgan fingerprint density at radius 2 is 0.778 bits per heavy atom. The predicted molar refractivity (Wildman–Crippen MR) is 153 cm³/mol. The monoisotopic (exact) mass is 544 g/mol. The largest absolute Gasteiger partial charge is 1.00 e. The van der Waals surface area contributed by atoms with E-state index in [1.807, 2.05) is 0 Å². The van der Waals surface area contributed by atoms with Gasteiger partial charge < -0.3 is 33.8 Å². The highest BCUT2D eigenvalue weighted by molar-refractivity contribution is 5.14. The summed E-state index contributed by atoms with van der Waals surface area (Å²) in [5.41, 5.74) is 1.50. The van der Waals surface area contributed by atoms with Crippen LogP contribution in [0.5, 0.6) is 0 Å². The summed E-state index contributed by atoms with van der Waals surface area (Å²) in [4.78, 5) is 0. The molecule has 4 heteroatoms. The van der Waals surface area contributed by atoms with Gasteiger partial charge in [-0.3, -0.25) is 0 Å². The van der Waals surface area contributed by atoms with E-state index < -0.39 is 0 Å². The average molecular weight is 546 g/mol. The maximum atomic E-state index is 2.42. The van der Waals surface area contributed by atoms with Gasteiger partial charge in [-0.15, -0.1) is 0 Å². The van der Waals surface area contributed by atoms with Crippen LogP contribution in [-0.4, -0.2) is 63.8 Å². The Labute approximate surface area is 239 Å². The van der Waals surface area contributed by atoms with Crippen LogP contribution in [0.25, 0.3) is 0 Å². The van der Waals surface area contributed by atoms with Crippen LogP contribution in [0.15, 0.2) is 30.3 Å². The molecule has 0 saturated carbocycles. The third-order valence-electron chi connectivity index (χ3n) is 7.41. The molecular formula is C32H62Cl2N2. The number of halogens is 2. The van der Waals surface area contributed by atoms with Gasteiger partial charge in [-0.05, 0) is 31.2 Å². The molecule has 1 aromatic carbocycles. The molecule has 0 aliphatic heterocycles. The lowest BCUT2D eigenvalue weighted by atomic mass is 10.0. The van der Waals surface area contributed by atoms with E-state index in [0.29, 0.717) is 0 Å². The maximum absolute atomic E-state index is 2.42. The molecule has 1 rings (SSSR count). The van der Waals surface area contributed by atoms with E-state index in [1.54, 1.807) is 0 Å². The highest BCUT2D eigenvalue weighted by Crippen LogP contribution is 2.15. The van der Waals surface area contributed by atoms with Gasteiger partial charge in [-0.2, -0.15) is 0 Å². The Morgan fingerprint density at radius 1 is 0.417 bits per heavy atom. The molecule has 0 saturated heterocycles. The van der Waals surface area contributed by atoms with Gasteiger partial charge in [0.05, 0.1) is 54.9 Å². The number of unbranched alkanes of at least 4 members (excludes halogenated alkanes) is 15. The van der Waals surface area contributed by atoms with Crippen molar-refractivity contribution in [2.45, 2.75) is 116 Å². The maximum Gasteiger partial charge on any atom is 0.0836 e. The number of rotatable bonds is 23. The van der Waals surface area contributed by atoms with E-state index in [2.05, 4.69) is 65.6 Å². The Hall–Kier alpha value is -0.280. The summed E-state index contributed by atoms with van der Waals surface area (Å²) in [6.07, 6.45) is 25.7. The van der Waals surface area contributed by atoms with Crippen LogP contribution in [-0.2, 0) is 6.42 Å². The summed E-state index contributed by atoms with van der Waals surface area (Å²) in [7, 11) is 11.7. The Morgan fingerprint density at radius 3 is 1.19 bits per heavy atom. The van der Waals surface area contributed by atoms with Crippen molar-refractivity contribution in [3.05, 3.63) is 35.9 Å². The third-order valence-corrected chi connectivity index (χ3v) is 7.41. The number of aryl methyl sites for hydroxylation is 1. The molecule has 214 valence electrons. The summed E-state index contributed by atoms with van der Waals surface area (Å²) in [5, 5.41) is 0. The lowest BCUT2D eigenvalue weighted by Crippen LogP contribution is -3.00. The van der Waals surface area contributed by atoms with Gasteiger partial charge >= 0.3 is 0 Å². The Kier molecular flexibility index (Phi) is 25.0. The molecular weight excluding hydrogens is 483 g/mol. The van der Waals surface area contributed by atoms with Crippen LogP contribution in [0.1, 0.15) is 115 Å². The van der Waals surface area contributed by atoms with Gasteiger partial charge in [0.25, 0.3) is 0 Å². The molecule has 0 fully saturated rings. The summed E-state index contributed by atoms with van der Waals surface area (Å²) in [5.74, 6) is 0. The lowest BCUT2D eigenvalue weighted by Gasteiger charge is -2.31. The molecule has 2 nitrogen and oxygen atoms in total. The molecule has 0 bridgehead atoms. The first-order valence-electron chi connectivity index (χ1n) is 14.9. The van der Waals surface area contributed by atoms with Gasteiger partial charge in [0, 0.05) is 6.42 Å². The van der Waals surface area contributed by atoms with E-state index in [1.165, 1.54) is 145 Å². The van der Waals surface area contributed by atoms with Crippen LogP contribution < -0.4 is 24.8 Å². The van der Waals surface area contributed by atoms with E-state index >= 15 is 0 Å². The standard InChI is InChI=1S/C32H62N2.2ClH/c1-33(2,3)29-25-31-34(4,5)30-24-19-17-15-13-11-9-7-6-8-10-12-14-16-18-21-26-32-27-22-20-23-28-32;;/h20,22-23,27-28H,6-19,21,24-26,29-31H2,1-5H3;2*1H/q+2;;/p-2. The van der Waals surface area contributed by atoms with Crippen molar-refractivity contribution in [2.75, 3.05) is 54.9 Å². The minimum atomic E-state index is 0. The molecule has 0 aliphatic rings.